The Kier molecular flexibility index (Phi) is 5.19. The summed E-state index contributed by atoms with van der Waals surface area (Å²) in [5.74, 6) is 1.79. The average Bonchev–Trinajstić information content (AvgIpc) is 2.69. The van der Waals surface area contributed by atoms with Crippen LogP contribution in [0.4, 0.5) is 11.6 Å². The van der Waals surface area contributed by atoms with E-state index in [1.54, 1.807) is 13.2 Å². The third-order valence-electron chi connectivity index (χ3n) is 5.06. The zero-order valence-corrected chi connectivity index (χ0v) is 16.4. The molecule has 1 aliphatic rings. The Morgan fingerprint density at radius 2 is 2.00 bits per heavy atom. The maximum atomic E-state index is 9.78. The quantitative estimate of drug-likeness (QED) is 0.696. The van der Waals surface area contributed by atoms with Crippen molar-refractivity contribution in [2.75, 3.05) is 30.8 Å². The molecule has 8 heteroatoms. The largest absolute Gasteiger partial charge is 0.495 e. The van der Waals surface area contributed by atoms with Crippen LogP contribution in [0.3, 0.4) is 0 Å². The molecule has 3 aromatic rings. The Hall–Kier alpha value is -2.64. The minimum Gasteiger partial charge on any atom is -0.495 e. The number of methoxy groups -OCH3 is 1. The molecule has 3 N–H and O–H groups in total. The van der Waals surface area contributed by atoms with Crippen molar-refractivity contribution in [2.45, 2.75) is 25.4 Å². The maximum absolute atomic E-state index is 9.78. The van der Waals surface area contributed by atoms with E-state index < -0.39 is 0 Å². The molecule has 0 atom stereocenters. The number of pyridine rings is 1. The highest BCUT2D eigenvalue weighted by Crippen LogP contribution is 2.30. The molecule has 1 aliphatic heterocycles. The number of aliphatic hydroxyl groups is 1. The molecule has 1 aromatic carbocycles. The average molecular weight is 400 g/mol. The number of aliphatic hydroxyl groups excluding tert-OH is 1. The summed E-state index contributed by atoms with van der Waals surface area (Å²) < 4.78 is 5.22. The van der Waals surface area contributed by atoms with Crippen LogP contribution in [-0.2, 0) is 6.42 Å². The number of nitrogens with two attached hydrogens (primary N) is 1. The van der Waals surface area contributed by atoms with Gasteiger partial charge in [0.25, 0.3) is 0 Å². The Bertz CT molecular complexity index is 1010. The number of fused-ring (bicyclic) bond motifs is 1. The number of benzene rings is 1. The number of nitrogen functional groups attached to an aromatic ring is 1. The molecule has 1 saturated heterocycles. The monoisotopic (exact) mass is 399 g/mol. The minimum atomic E-state index is -0.257. The molecule has 2 aromatic heterocycles. The highest BCUT2D eigenvalue weighted by molar-refractivity contribution is 6.32. The van der Waals surface area contributed by atoms with E-state index in [9.17, 15) is 5.11 Å². The van der Waals surface area contributed by atoms with Crippen molar-refractivity contribution in [2.24, 2.45) is 0 Å². The van der Waals surface area contributed by atoms with Crippen LogP contribution in [0.1, 0.15) is 24.1 Å². The lowest BCUT2D eigenvalue weighted by atomic mass is 10.0. The first-order valence-electron chi connectivity index (χ1n) is 9.22. The Labute approximate surface area is 168 Å². The number of rotatable bonds is 4. The highest BCUT2D eigenvalue weighted by atomic mass is 35.5. The topological polar surface area (TPSA) is 97.4 Å². The molecule has 1 fully saturated rings. The lowest BCUT2D eigenvalue weighted by Gasteiger charge is -2.30. The van der Waals surface area contributed by atoms with Crippen LogP contribution in [0.2, 0.25) is 5.02 Å². The number of hydrogen-bond acceptors (Lipinski definition) is 7. The summed E-state index contributed by atoms with van der Waals surface area (Å²) in [5, 5.41) is 20.2. The number of aromatic nitrogens is 3. The van der Waals surface area contributed by atoms with Crippen LogP contribution in [0.15, 0.2) is 30.3 Å². The van der Waals surface area contributed by atoms with Crippen LogP contribution in [0, 0.1) is 0 Å². The summed E-state index contributed by atoms with van der Waals surface area (Å²) in [4.78, 5) is 6.66. The fraction of sp³-hybridized carbons (Fsp3) is 0.350. The first-order chi connectivity index (χ1) is 13.5. The number of halogens is 1. The van der Waals surface area contributed by atoms with Gasteiger partial charge in [0.15, 0.2) is 5.82 Å². The Morgan fingerprint density at radius 1 is 1.21 bits per heavy atom. The molecular weight excluding hydrogens is 378 g/mol. The SMILES string of the molecule is COc1ccc(Cc2nnc(N3CCC(O)CC3)c3nc(N)ccc23)cc1Cl. The van der Waals surface area contributed by atoms with E-state index in [-0.39, 0.29) is 6.10 Å². The lowest BCUT2D eigenvalue weighted by molar-refractivity contribution is 0.145. The maximum Gasteiger partial charge on any atom is 0.177 e. The van der Waals surface area contributed by atoms with Crippen LogP contribution in [0.5, 0.6) is 5.75 Å². The number of nitrogens with zero attached hydrogens (tertiary/aromatic N) is 4. The first-order valence-corrected chi connectivity index (χ1v) is 9.60. The summed E-state index contributed by atoms with van der Waals surface area (Å²) in [5.41, 5.74) is 8.50. The van der Waals surface area contributed by atoms with Crippen LogP contribution >= 0.6 is 11.6 Å². The smallest absolute Gasteiger partial charge is 0.177 e. The zero-order chi connectivity index (χ0) is 19.7. The van der Waals surface area contributed by atoms with Gasteiger partial charge in [-0.05, 0) is 42.7 Å². The first kappa shape index (κ1) is 18.7. The van der Waals surface area contributed by atoms with E-state index in [1.165, 1.54) is 0 Å². The van der Waals surface area contributed by atoms with Gasteiger partial charge < -0.3 is 20.5 Å². The van der Waals surface area contributed by atoms with Crippen LogP contribution in [0.25, 0.3) is 10.9 Å². The summed E-state index contributed by atoms with van der Waals surface area (Å²) in [7, 11) is 1.59. The van der Waals surface area contributed by atoms with E-state index in [0.717, 1.165) is 35.2 Å². The molecule has 0 unspecified atom stereocenters. The van der Waals surface area contributed by atoms with E-state index >= 15 is 0 Å². The van der Waals surface area contributed by atoms with Gasteiger partial charge in [-0.15, -0.1) is 5.10 Å². The second kappa shape index (κ2) is 7.77. The normalized spacial score (nSPS) is 15.2. The number of piperidine rings is 1. The molecule has 3 heterocycles. The number of anilines is 2. The third kappa shape index (κ3) is 3.68. The molecule has 28 heavy (non-hydrogen) atoms. The van der Waals surface area contributed by atoms with Gasteiger partial charge >= 0.3 is 0 Å². The molecule has 146 valence electrons. The van der Waals surface area contributed by atoms with Gasteiger partial charge in [-0.3, -0.25) is 0 Å². The van der Waals surface area contributed by atoms with Crippen molar-refractivity contribution < 1.29 is 9.84 Å². The van der Waals surface area contributed by atoms with Gasteiger partial charge in [0.05, 0.1) is 23.9 Å². The second-order valence-corrected chi connectivity index (χ2v) is 7.37. The van der Waals surface area contributed by atoms with Crippen LogP contribution < -0.4 is 15.4 Å². The second-order valence-electron chi connectivity index (χ2n) is 6.97. The molecule has 0 radical (unpaired) electrons. The molecule has 0 saturated carbocycles. The summed E-state index contributed by atoms with van der Waals surface area (Å²) in [6.07, 6.45) is 1.72. The zero-order valence-electron chi connectivity index (χ0n) is 15.6. The van der Waals surface area contributed by atoms with Gasteiger partial charge in [0, 0.05) is 24.9 Å². The molecule has 4 rings (SSSR count). The lowest BCUT2D eigenvalue weighted by Crippen LogP contribution is -2.36. The number of ether oxygens (including phenoxy) is 1. The van der Waals surface area contributed by atoms with E-state index in [0.29, 0.717) is 41.7 Å². The fourth-order valence-corrected chi connectivity index (χ4v) is 3.80. The standard InChI is InChI=1S/C20H22ClN5O2/c1-28-17-4-2-12(10-15(17)21)11-16-14-3-5-18(22)23-19(14)20(25-24-16)26-8-6-13(27)7-9-26/h2-5,10,13,27H,6-9,11H2,1H3,(H2,22,23). The van der Waals surface area contributed by atoms with Crippen molar-refractivity contribution in [3.63, 3.8) is 0 Å². The molecular formula is C20H22ClN5O2. The molecule has 0 spiro atoms. The van der Waals surface area contributed by atoms with Crippen molar-refractivity contribution in [1.29, 1.82) is 0 Å². The Balaban J connectivity index is 1.72. The molecule has 0 aliphatic carbocycles. The van der Waals surface area contributed by atoms with E-state index in [1.807, 2.05) is 24.3 Å². The van der Waals surface area contributed by atoms with Gasteiger partial charge in [-0.25, -0.2) is 4.98 Å². The predicted molar refractivity (Wildman–Crippen MR) is 110 cm³/mol. The Morgan fingerprint density at radius 3 is 2.71 bits per heavy atom. The molecule has 0 amide bonds. The van der Waals surface area contributed by atoms with E-state index in [2.05, 4.69) is 20.1 Å². The number of hydrogen-bond donors (Lipinski definition) is 2. The molecule has 0 bridgehead atoms. The minimum absolute atomic E-state index is 0.257. The summed E-state index contributed by atoms with van der Waals surface area (Å²) >= 11 is 6.26. The van der Waals surface area contributed by atoms with Gasteiger partial charge in [-0.2, -0.15) is 5.10 Å². The van der Waals surface area contributed by atoms with Gasteiger partial charge in [0.2, 0.25) is 0 Å². The fourth-order valence-electron chi connectivity index (χ4n) is 3.52. The van der Waals surface area contributed by atoms with E-state index in [4.69, 9.17) is 22.1 Å². The van der Waals surface area contributed by atoms with Gasteiger partial charge in [-0.1, -0.05) is 17.7 Å². The van der Waals surface area contributed by atoms with Crippen LogP contribution in [-0.4, -0.2) is 46.6 Å². The van der Waals surface area contributed by atoms with Crippen molar-refractivity contribution in [3.8, 4) is 5.75 Å². The van der Waals surface area contributed by atoms with Crippen molar-refractivity contribution in [1.82, 2.24) is 15.2 Å². The van der Waals surface area contributed by atoms with Crippen molar-refractivity contribution >= 4 is 34.1 Å². The molecule has 7 nitrogen and oxygen atoms in total. The predicted octanol–water partition coefficient (Wildman–Crippen LogP) is 2.82. The van der Waals surface area contributed by atoms with Crippen molar-refractivity contribution in [3.05, 3.63) is 46.6 Å². The highest BCUT2D eigenvalue weighted by Gasteiger charge is 2.22. The third-order valence-corrected chi connectivity index (χ3v) is 5.35. The summed E-state index contributed by atoms with van der Waals surface area (Å²) in [6.45, 7) is 1.43. The van der Waals surface area contributed by atoms with Gasteiger partial charge in [0.1, 0.15) is 17.1 Å². The summed E-state index contributed by atoms with van der Waals surface area (Å²) in [6, 6.07) is 9.39.